The molecule has 130 valence electrons. The van der Waals surface area contributed by atoms with Crippen LogP contribution in [0.2, 0.25) is 4.34 Å². The van der Waals surface area contributed by atoms with Crippen molar-refractivity contribution >= 4 is 47.7 Å². The number of hydrogen-bond acceptors (Lipinski definition) is 7. The minimum atomic E-state index is -3.81. The van der Waals surface area contributed by atoms with Gasteiger partial charge in [0.1, 0.15) is 4.34 Å². The molecule has 0 saturated carbocycles. The van der Waals surface area contributed by atoms with E-state index in [4.69, 9.17) is 11.6 Å². The lowest BCUT2D eigenvalue weighted by Gasteiger charge is -2.08. The Morgan fingerprint density at radius 1 is 1.29 bits per heavy atom. The molecule has 0 unspecified atom stereocenters. The van der Waals surface area contributed by atoms with E-state index >= 15 is 0 Å². The molecule has 2 heterocycles. The lowest BCUT2D eigenvalue weighted by molar-refractivity contribution is 0.592. The summed E-state index contributed by atoms with van der Waals surface area (Å²) in [5.74, 6) is 0.141. The van der Waals surface area contributed by atoms with Crippen LogP contribution >= 0.6 is 22.9 Å². The lowest BCUT2D eigenvalue weighted by Crippen LogP contribution is -2.20. The van der Waals surface area contributed by atoms with Crippen molar-refractivity contribution in [2.24, 2.45) is 0 Å². The highest BCUT2D eigenvalue weighted by Crippen LogP contribution is 2.35. The number of nitrogens with one attached hydrogen (secondary N) is 1. The molecule has 1 aliphatic heterocycles. The molecule has 0 spiro atoms. The minimum absolute atomic E-state index is 0.0181. The second-order valence-corrected chi connectivity index (χ2v) is 11.4. The van der Waals surface area contributed by atoms with Crippen LogP contribution < -0.4 is 5.32 Å². The summed E-state index contributed by atoms with van der Waals surface area (Å²) in [6.07, 6.45) is 0.472. The molecule has 0 amide bonds. The van der Waals surface area contributed by atoms with E-state index < -0.39 is 19.7 Å². The van der Waals surface area contributed by atoms with Crippen LogP contribution in [0.15, 0.2) is 34.2 Å². The van der Waals surface area contributed by atoms with Gasteiger partial charge in [0.25, 0.3) is 0 Å². The summed E-state index contributed by atoms with van der Waals surface area (Å²) in [7, 11) is -6.84. The predicted molar refractivity (Wildman–Crippen MR) is 94.4 cm³/mol. The van der Waals surface area contributed by atoms with Gasteiger partial charge in [0.15, 0.2) is 20.0 Å². The van der Waals surface area contributed by atoms with Gasteiger partial charge in [-0.05, 0) is 25.5 Å². The second-order valence-electron chi connectivity index (χ2n) is 5.66. The van der Waals surface area contributed by atoms with Gasteiger partial charge in [-0.15, -0.1) is 0 Å². The smallest absolute Gasteiger partial charge is 0.226 e. The fraction of sp³-hybridized carbons (Fsp3) is 0.357. The van der Waals surface area contributed by atoms with Gasteiger partial charge in [0.05, 0.1) is 16.4 Å². The molecule has 3 rings (SSSR count). The van der Waals surface area contributed by atoms with Crippen LogP contribution in [0.4, 0.5) is 5.13 Å². The van der Waals surface area contributed by atoms with E-state index in [1.165, 1.54) is 12.1 Å². The Labute approximate surface area is 149 Å². The van der Waals surface area contributed by atoms with Crippen molar-refractivity contribution in [2.75, 3.05) is 16.8 Å². The van der Waals surface area contributed by atoms with Crippen molar-refractivity contribution in [3.05, 3.63) is 34.2 Å². The molecule has 1 N–H and O–H groups in total. The van der Waals surface area contributed by atoms with Gasteiger partial charge in [0, 0.05) is 6.04 Å². The van der Waals surface area contributed by atoms with Crippen LogP contribution in [-0.2, 0) is 19.7 Å². The third-order valence-electron chi connectivity index (χ3n) is 3.70. The summed E-state index contributed by atoms with van der Waals surface area (Å²) in [6, 6.07) is 6.16. The highest BCUT2D eigenvalue weighted by atomic mass is 35.5. The Bertz CT molecular complexity index is 966. The highest BCUT2D eigenvalue weighted by Gasteiger charge is 2.30. The summed E-state index contributed by atoms with van der Waals surface area (Å²) in [5.41, 5.74) is 0.947. The van der Waals surface area contributed by atoms with Gasteiger partial charge >= 0.3 is 0 Å². The van der Waals surface area contributed by atoms with Crippen molar-refractivity contribution in [1.29, 1.82) is 0 Å². The van der Waals surface area contributed by atoms with Crippen molar-refractivity contribution in [1.82, 2.24) is 4.98 Å². The zero-order valence-electron chi connectivity index (χ0n) is 12.7. The molecule has 1 aromatic heterocycles. The summed E-state index contributed by atoms with van der Waals surface area (Å²) < 4.78 is 48.4. The van der Waals surface area contributed by atoms with Gasteiger partial charge in [-0.25, -0.2) is 21.8 Å². The van der Waals surface area contributed by atoms with E-state index in [0.29, 0.717) is 11.6 Å². The maximum Gasteiger partial charge on any atom is 0.226 e. The Hall–Kier alpha value is -1.16. The molecule has 1 aromatic carbocycles. The number of anilines is 1. The number of aryl methyl sites for hydroxylation is 1. The maximum absolute atomic E-state index is 12.7. The van der Waals surface area contributed by atoms with Crippen LogP contribution in [0.25, 0.3) is 0 Å². The molecule has 6 nitrogen and oxygen atoms in total. The van der Waals surface area contributed by atoms with E-state index in [1.807, 2.05) is 6.92 Å². The normalized spacial score (nSPS) is 20.2. The molecular weight excluding hydrogens is 392 g/mol. The van der Waals surface area contributed by atoms with E-state index in [9.17, 15) is 16.8 Å². The average Bonchev–Trinajstić information content (AvgIpc) is 3.02. The zero-order chi connectivity index (χ0) is 17.5. The van der Waals surface area contributed by atoms with Crippen molar-refractivity contribution in [3.63, 3.8) is 0 Å². The third kappa shape index (κ3) is 3.58. The van der Waals surface area contributed by atoms with Gasteiger partial charge in [0.2, 0.25) is 9.84 Å². The van der Waals surface area contributed by atoms with Crippen molar-refractivity contribution in [2.45, 2.75) is 29.3 Å². The zero-order valence-corrected chi connectivity index (χ0v) is 15.9. The van der Waals surface area contributed by atoms with Gasteiger partial charge in [-0.1, -0.05) is 40.6 Å². The molecule has 24 heavy (non-hydrogen) atoms. The Kier molecular flexibility index (Phi) is 4.63. The van der Waals surface area contributed by atoms with E-state index in [1.54, 1.807) is 12.1 Å². The monoisotopic (exact) mass is 406 g/mol. The fourth-order valence-corrected chi connectivity index (χ4v) is 6.98. The van der Waals surface area contributed by atoms with Crippen LogP contribution in [0.3, 0.4) is 0 Å². The number of rotatable bonds is 4. The molecule has 2 aromatic rings. The van der Waals surface area contributed by atoms with E-state index in [0.717, 1.165) is 16.9 Å². The Morgan fingerprint density at radius 2 is 1.96 bits per heavy atom. The summed E-state index contributed by atoms with van der Waals surface area (Å²) in [5, 5.41) is 3.08. The number of sulfone groups is 2. The summed E-state index contributed by atoms with van der Waals surface area (Å²) >= 11 is 7.07. The first kappa shape index (κ1) is 17.7. The van der Waals surface area contributed by atoms with Crippen LogP contribution in [0, 0.1) is 6.92 Å². The van der Waals surface area contributed by atoms with Gasteiger partial charge < -0.3 is 5.32 Å². The number of halogens is 1. The Balaban J connectivity index is 1.87. The maximum atomic E-state index is 12.7. The molecule has 0 bridgehead atoms. The first-order chi connectivity index (χ1) is 11.2. The standard InChI is InChI=1S/C14H15ClN2O4S3/c1-9-2-4-11(5-3-9)24(20,21)13-12(15)22-14(17-13)16-10-6-7-23(18,19)8-10/h2-5,10H,6-8H2,1H3,(H,16,17)/t10-/m0/s1. The fourth-order valence-electron chi connectivity index (χ4n) is 2.43. The SMILES string of the molecule is Cc1ccc(S(=O)(=O)c2nc(N[C@H]3CCS(=O)(=O)C3)sc2Cl)cc1. The van der Waals surface area contributed by atoms with E-state index in [-0.39, 0.29) is 31.8 Å². The van der Waals surface area contributed by atoms with Crippen LogP contribution in [0.5, 0.6) is 0 Å². The van der Waals surface area contributed by atoms with E-state index in [2.05, 4.69) is 10.3 Å². The van der Waals surface area contributed by atoms with Gasteiger partial charge in [-0.3, -0.25) is 0 Å². The number of nitrogens with zero attached hydrogens (tertiary/aromatic N) is 1. The topological polar surface area (TPSA) is 93.2 Å². The first-order valence-corrected chi connectivity index (χ1v) is 11.6. The summed E-state index contributed by atoms with van der Waals surface area (Å²) in [6.45, 7) is 1.86. The lowest BCUT2D eigenvalue weighted by atomic mass is 10.2. The van der Waals surface area contributed by atoms with Crippen LogP contribution in [0.1, 0.15) is 12.0 Å². The molecule has 0 radical (unpaired) electrons. The molecule has 1 aliphatic rings. The number of hydrogen-bond donors (Lipinski definition) is 1. The molecule has 1 saturated heterocycles. The first-order valence-electron chi connectivity index (χ1n) is 7.12. The molecule has 1 fully saturated rings. The predicted octanol–water partition coefficient (Wildman–Crippen LogP) is 2.54. The summed E-state index contributed by atoms with van der Waals surface area (Å²) in [4.78, 5) is 4.20. The molecular formula is C14H15ClN2O4S3. The quantitative estimate of drug-likeness (QED) is 0.838. The van der Waals surface area contributed by atoms with Crippen molar-refractivity contribution < 1.29 is 16.8 Å². The van der Waals surface area contributed by atoms with Crippen LogP contribution in [-0.4, -0.2) is 39.4 Å². The molecule has 1 atom stereocenters. The average molecular weight is 407 g/mol. The minimum Gasteiger partial charge on any atom is -0.358 e. The third-order valence-corrected chi connectivity index (χ3v) is 8.60. The number of aromatic nitrogens is 1. The highest BCUT2D eigenvalue weighted by molar-refractivity contribution is 7.92. The second kappa shape index (κ2) is 6.29. The van der Waals surface area contributed by atoms with Crippen molar-refractivity contribution in [3.8, 4) is 0 Å². The largest absolute Gasteiger partial charge is 0.358 e. The molecule has 10 heteroatoms. The Morgan fingerprint density at radius 3 is 2.54 bits per heavy atom. The molecule has 0 aliphatic carbocycles. The van der Waals surface area contributed by atoms with Gasteiger partial charge in [-0.2, -0.15) is 0 Å². The number of thiazole rings is 1. The number of benzene rings is 1.